The lowest BCUT2D eigenvalue weighted by atomic mass is 10.2. The molecule has 0 aliphatic rings. The van der Waals surface area contributed by atoms with E-state index in [1.165, 1.54) is 0 Å². The van der Waals surface area contributed by atoms with Crippen LogP contribution in [0.2, 0.25) is 5.02 Å². The first-order valence-electron chi connectivity index (χ1n) is 5.27. The number of hydrogen-bond acceptors (Lipinski definition) is 3. The van der Waals surface area contributed by atoms with Crippen molar-refractivity contribution in [1.29, 1.82) is 0 Å². The molecule has 2 rings (SSSR count). The average molecular weight is 268 g/mol. The molecule has 0 aliphatic carbocycles. The molecule has 0 bridgehead atoms. The van der Waals surface area contributed by atoms with Crippen molar-refractivity contribution in [3.8, 4) is 0 Å². The molecule has 0 saturated heterocycles. The van der Waals surface area contributed by atoms with E-state index in [0.29, 0.717) is 6.54 Å². The Morgan fingerprint density at radius 1 is 1.41 bits per heavy atom. The second-order valence-corrected chi connectivity index (χ2v) is 5.31. The lowest BCUT2D eigenvalue weighted by molar-refractivity contribution is 0.692. The van der Waals surface area contributed by atoms with Gasteiger partial charge in [-0.3, -0.25) is 4.68 Å². The van der Waals surface area contributed by atoms with E-state index in [0.717, 1.165) is 26.2 Å². The normalized spacial score (nSPS) is 10.8. The second-order valence-electron chi connectivity index (χ2n) is 3.81. The molecule has 1 heterocycles. The molecule has 0 radical (unpaired) electrons. The van der Waals surface area contributed by atoms with Gasteiger partial charge in [0.1, 0.15) is 0 Å². The van der Waals surface area contributed by atoms with E-state index in [-0.39, 0.29) is 0 Å². The van der Waals surface area contributed by atoms with E-state index in [1.807, 2.05) is 36.9 Å². The van der Waals surface area contributed by atoms with Crippen molar-refractivity contribution >= 4 is 23.4 Å². The van der Waals surface area contributed by atoms with Crippen LogP contribution in [0.3, 0.4) is 0 Å². The van der Waals surface area contributed by atoms with Crippen molar-refractivity contribution in [2.45, 2.75) is 23.4 Å². The van der Waals surface area contributed by atoms with Gasteiger partial charge in [-0.15, -0.1) is 0 Å². The summed E-state index contributed by atoms with van der Waals surface area (Å²) in [4.78, 5) is 1.09. The van der Waals surface area contributed by atoms with E-state index in [9.17, 15) is 0 Å². The van der Waals surface area contributed by atoms with Crippen molar-refractivity contribution in [3.63, 3.8) is 0 Å². The quantitative estimate of drug-likeness (QED) is 0.930. The number of hydrogen-bond donors (Lipinski definition) is 1. The molecule has 0 unspecified atom stereocenters. The van der Waals surface area contributed by atoms with E-state index < -0.39 is 0 Å². The topological polar surface area (TPSA) is 43.8 Å². The Hall–Kier alpha value is -0.970. The second kappa shape index (κ2) is 5.12. The monoisotopic (exact) mass is 267 g/mol. The minimum atomic E-state index is 0.467. The van der Waals surface area contributed by atoms with Gasteiger partial charge in [0, 0.05) is 23.5 Å². The van der Waals surface area contributed by atoms with Gasteiger partial charge in [0.15, 0.2) is 0 Å². The number of aromatic nitrogens is 2. The van der Waals surface area contributed by atoms with Gasteiger partial charge in [0.2, 0.25) is 0 Å². The number of aryl methyl sites for hydroxylation is 2. The molecular weight excluding hydrogens is 254 g/mol. The van der Waals surface area contributed by atoms with Gasteiger partial charge in [-0.1, -0.05) is 29.4 Å². The molecule has 2 N–H and O–H groups in total. The number of nitrogens with two attached hydrogens (primary N) is 1. The highest BCUT2D eigenvalue weighted by Crippen LogP contribution is 2.30. The molecule has 0 amide bonds. The molecule has 0 spiro atoms. The number of rotatable bonds is 3. The molecular formula is C12H14ClN3S. The first kappa shape index (κ1) is 12.5. The summed E-state index contributed by atoms with van der Waals surface area (Å²) in [6, 6.07) is 7.99. The van der Waals surface area contributed by atoms with Gasteiger partial charge in [0.25, 0.3) is 0 Å². The van der Waals surface area contributed by atoms with Crippen LogP contribution in [-0.2, 0) is 13.6 Å². The Morgan fingerprint density at radius 3 is 2.71 bits per heavy atom. The smallest absolute Gasteiger partial charge is 0.0986 e. The van der Waals surface area contributed by atoms with Crippen LogP contribution in [0.1, 0.15) is 11.3 Å². The van der Waals surface area contributed by atoms with Gasteiger partial charge in [-0.05, 0) is 30.7 Å². The third-order valence-corrected chi connectivity index (χ3v) is 3.86. The predicted octanol–water partition coefficient (Wildman–Crippen LogP) is 2.99. The lowest BCUT2D eigenvalue weighted by Crippen LogP contribution is -1.97. The van der Waals surface area contributed by atoms with Crippen LogP contribution in [0.15, 0.2) is 34.2 Å². The Bertz CT molecular complexity index is 537. The molecule has 0 aliphatic heterocycles. The summed E-state index contributed by atoms with van der Waals surface area (Å²) in [6.45, 7) is 2.45. The summed E-state index contributed by atoms with van der Waals surface area (Å²) >= 11 is 7.77. The summed E-state index contributed by atoms with van der Waals surface area (Å²) in [5.74, 6) is 0. The maximum Gasteiger partial charge on any atom is 0.0986 e. The largest absolute Gasteiger partial charge is 0.326 e. The molecule has 17 heavy (non-hydrogen) atoms. The van der Waals surface area contributed by atoms with Crippen LogP contribution in [0, 0.1) is 6.92 Å². The molecule has 3 nitrogen and oxygen atoms in total. The maximum absolute atomic E-state index is 6.12. The Balaban J connectivity index is 2.24. The molecule has 0 saturated carbocycles. The summed E-state index contributed by atoms with van der Waals surface area (Å²) in [5.41, 5.74) is 7.56. The Labute approximate surface area is 110 Å². The molecule has 0 fully saturated rings. The average Bonchev–Trinajstić information content (AvgIpc) is 2.58. The minimum absolute atomic E-state index is 0.467. The minimum Gasteiger partial charge on any atom is -0.326 e. The molecule has 0 atom stereocenters. The Morgan fingerprint density at radius 2 is 2.18 bits per heavy atom. The van der Waals surface area contributed by atoms with Crippen LogP contribution in [0.5, 0.6) is 0 Å². The van der Waals surface area contributed by atoms with Gasteiger partial charge in [-0.2, -0.15) is 5.10 Å². The summed E-state index contributed by atoms with van der Waals surface area (Å²) in [5, 5.41) is 6.12. The fourth-order valence-electron chi connectivity index (χ4n) is 1.56. The van der Waals surface area contributed by atoms with Crippen LogP contribution < -0.4 is 5.73 Å². The highest BCUT2D eigenvalue weighted by Gasteiger charge is 2.06. The van der Waals surface area contributed by atoms with E-state index in [2.05, 4.69) is 11.2 Å². The molecule has 1 aromatic carbocycles. The van der Waals surface area contributed by atoms with Crippen molar-refractivity contribution < 1.29 is 0 Å². The molecule has 90 valence electrons. The summed E-state index contributed by atoms with van der Waals surface area (Å²) < 4.78 is 1.87. The van der Waals surface area contributed by atoms with Gasteiger partial charge < -0.3 is 5.73 Å². The summed E-state index contributed by atoms with van der Waals surface area (Å²) in [6.07, 6.45) is 0. The van der Waals surface area contributed by atoms with Crippen LogP contribution in [-0.4, -0.2) is 9.78 Å². The third-order valence-electron chi connectivity index (χ3n) is 2.43. The van der Waals surface area contributed by atoms with Crippen molar-refractivity contribution in [2.24, 2.45) is 12.8 Å². The van der Waals surface area contributed by atoms with Crippen molar-refractivity contribution in [2.75, 3.05) is 0 Å². The van der Waals surface area contributed by atoms with Crippen LogP contribution in [0.4, 0.5) is 0 Å². The van der Waals surface area contributed by atoms with Gasteiger partial charge in [0.05, 0.1) is 10.7 Å². The highest BCUT2D eigenvalue weighted by atomic mass is 35.5. The highest BCUT2D eigenvalue weighted by molar-refractivity contribution is 7.99. The first-order chi connectivity index (χ1) is 8.10. The fourth-order valence-corrected chi connectivity index (χ4v) is 2.84. The zero-order chi connectivity index (χ0) is 12.4. The lowest BCUT2D eigenvalue weighted by Gasteiger charge is -2.05. The maximum atomic E-state index is 6.12. The number of halogens is 1. The van der Waals surface area contributed by atoms with Crippen molar-refractivity contribution in [1.82, 2.24) is 9.78 Å². The third kappa shape index (κ3) is 2.83. The van der Waals surface area contributed by atoms with Crippen LogP contribution in [0.25, 0.3) is 0 Å². The molecule has 2 aromatic rings. The SMILES string of the molecule is Cc1cc(Sc2ccc(CN)c(Cl)c2)n(C)n1. The van der Waals surface area contributed by atoms with Gasteiger partial charge >= 0.3 is 0 Å². The van der Waals surface area contributed by atoms with Gasteiger partial charge in [-0.25, -0.2) is 0 Å². The molecule has 5 heteroatoms. The zero-order valence-electron chi connectivity index (χ0n) is 9.77. The van der Waals surface area contributed by atoms with Crippen molar-refractivity contribution in [3.05, 3.63) is 40.5 Å². The fraction of sp³-hybridized carbons (Fsp3) is 0.250. The molecule has 1 aromatic heterocycles. The predicted molar refractivity (Wildman–Crippen MR) is 71.4 cm³/mol. The number of benzene rings is 1. The van der Waals surface area contributed by atoms with Crippen LogP contribution >= 0.6 is 23.4 Å². The van der Waals surface area contributed by atoms with E-state index in [4.69, 9.17) is 17.3 Å². The van der Waals surface area contributed by atoms with E-state index >= 15 is 0 Å². The van der Waals surface area contributed by atoms with E-state index in [1.54, 1.807) is 11.8 Å². The summed E-state index contributed by atoms with van der Waals surface area (Å²) in [7, 11) is 1.94. The zero-order valence-corrected chi connectivity index (χ0v) is 11.3. The number of nitrogens with zero attached hydrogens (tertiary/aromatic N) is 2. The standard InChI is InChI=1S/C12H14ClN3S/c1-8-5-12(16(2)15-8)17-10-4-3-9(7-14)11(13)6-10/h3-6H,7,14H2,1-2H3. The Kier molecular flexibility index (Phi) is 3.76. The first-order valence-corrected chi connectivity index (χ1v) is 6.46.